The number of carbonyl (C=O) groups excluding carboxylic acids is 1. The summed E-state index contributed by atoms with van der Waals surface area (Å²) in [6.07, 6.45) is 0.888. The van der Waals surface area contributed by atoms with E-state index >= 15 is 0 Å². The van der Waals surface area contributed by atoms with E-state index in [4.69, 9.17) is 5.73 Å². The molecule has 0 aromatic heterocycles. The van der Waals surface area contributed by atoms with Gasteiger partial charge in [0.15, 0.2) is 0 Å². The molecule has 0 aliphatic rings. The van der Waals surface area contributed by atoms with E-state index in [1.807, 2.05) is 36.9 Å². The second-order valence-electron chi connectivity index (χ2n) is 5.94. The van der Waals surface area contributed by atoms with Crippen molar-refractivity contribution in [3.05, 3.63) is 35.9 Å². The van der Waals surface area contributed by atoms with E-state index in [9.17, 15) is 4.79 Å². The van der Waals surface area contributed by atoms with Crippen molar-refractivity contribution in [1.82, 2.24) is 4.90 Å². The second-order valence-corrected chi connectivity index (χ2v) is 5.94. The van der Waals surface area contributed by atoms with Gasteiger partial charge in [0.05, 0.1) is 12.1 Å². The summed E-state index contributed by atoms with van der Waals surface area (Å²) in [6, 6.07) is 9.99. The van der Waals surface area contributed by atoms with E-state index in [1.165, 1.54) is 5.56 Å². The first-order valence-electron chi connectivity index (χ1n) is 7.52. The Morgan fingerprint density at radius 3 is 2.10 bits per heavy atom. The number of hydrogen-bond acceptors (Lipinski definition) is 2. The number of benzene rings is 1. The van der Waals surface area contributed by atoms with Crippen LogP contribution >= 0.6 is 0 Å². The van der Waals surface area contributed by atoms with Gasteiger partial charge in [0.2, 0.25) is 5.91 Å². The lowest BCUT2D eigenvalue weighted by atomic mass is 9.97. The Balaban J connectivity index is 3.08. The van der Waals surface area contributed by atoms with Gasteiger partial charge in [-0.1, -0.05) is 51.1 Å². The molecule has 0 fully saturated rings. The highest BCUT2D eigenvalue weighted by Gasteiger charge is 2.31. The molecule has 112 valence electrons. The van der Waals surface area contributed by atoms with Crippen LogP contribution in [0.4, 0.5) is 0 Å². The molecular weight excluding hydrogens is 248 g/mol. The fourth-order valence-electron chi connectivity index (χ4n) is 2.49. The van der Waals surface area contributed by atoms with Crippen LogP contribution in [0, 0.1) is 5.92 Å². The van der Waals surface area contributed by atoms with Crippen LogP contribution in [0.3, 0.4) is 0 Å². The Morgan fingerprint density at radius 2 is 1.70 bits per heavy atom. The zero-order valence-corrected chi connectivity index (χ0v) is 13.3. The largest absolute Gasteiger partial charge is 0.332 e. The number of amides is 1. The maximum atomic E-state index is 12.7. The fraction of sp³-hybridized carbons (Fsp3) is 0.588. The fourth-order valence-corrected chi connectivity index (χ4v) is 2.49. The van der Waals surface area contributed by atoms with Gasteiger partial charge < -0.3 is 10.6 Å². The highest BCUT2D eigenvalue weighted by molar-refractivity contribution is 5.82. The van der Waals surface area contributed by atoms with Crippen molar-refractivity contribution in [2.75, 3.05) is 0 Å². The normalized spacial score (nSPS) is 14.4. The minimum atomic E-state index is -0.435. The number of carbonyl (C=O) groups is 1. The Kier molecular flexibility index (Phi) is 6.21. The molecular formula is C17H28N2O. The average molecular weight is 276 g/mol. The topological polar surface area (TPSA) is 46.3 Å². The van der Waals surface area contributed by atoms with Gasteiger partial charge in [-0.3, -0.25) is 4.79 Å². The molecule has 2 atom stereocenters. The molecule has 0 saturated heterocycles. The molecule has 0 bridgehead atoms. The van der Waals surface area contributed by atoms with Gasteiger partial charge in [0, 0.05) is 6.04 Å². The number of hydrogen-bond donors (Lipinski definition) is 1. The summed E-state index contributed by atoms with van der Waals surface area (Å²) in [5.74, 6) is 0.197. The molecule has 1 aromatic rings. The van der Waals surface area contributed by atoms with E-state index in [2.05, 4.69) is 32.9 Å². The SMILES string of the molecule is CC[C@@H](c1ccccc1)N(C(=O)C(N)C(C)C)C(C)C. The molecule has 0 radical (unpaired) electrons. The van der Waals surface area contributed by atoms with Crippen LogP contribution in [0.15, 0.2) is 30.3 Å². The summed E-state index contributed by atoms with van der Waals surface area (Å²) in [5.41, 5.74) is 7.25. The summed E-state index contributed by atoms with van der Waals surface area (Å²) >= 11 is 0. The van der Waals surface area contributed by atoms with Crippen molar-refractivity contribution >= 4 is 5.91 Å². The lowest BCUT2D eigenvalue weighted by Crippen LogP contribution is -2.50. The van der Waals surface area contributed by atoms with Crippen LogP contribution in [-0.2, 0) is 4.79 Å². The maximum Gasteiger partial charge on any atom is 0.240 e. The van der Waals surface area contributed by atoms with Gasteiger partial charge >= 0.3 is 0 Å². The van der Waals surface area contributed by atoms with Crippen molar-refractivity contribution in [2.24, 2.45) is 11.7 Å². The van der Waals surface area contributed by atoms with Gasteiger partial charge in [-0.2, -0.15) is 0 Å². The average Bonchev–Trinajstić information content (AvgIpc) is 2.43. The molecule has 2 N–H and O–H groups in total. The van der Waals surface area contributed by atoms with Crippen molar-refractivity contribution in [3.8, 4) is 0 Å². The minimum Gasteiger partial charge on any atom is -0.332 e. The van der Waals surface area contributed by atoms with Gasteiger partial charge in [-0.15, -0.1) is 0 Å². The molecule has 1 unspecified atom stereocenters. The van der Waals surface area contributed by atoms with Gasteiger partial charge in [0.25, 0.3) is 0 Å². The van der Waals surface area contributed by atoms with Gasteiger partial charge in [-0.25, -0.2) is 0 Å². The van der Waals surface area contributed by atoms with E-state index in [0.29, 0.717) is 0 Å². The zero-order chi connectivity index (χ0) is 15.3. The molecule has 0 aliphatic heterocycles. The van der Waals surface area contributed by atoms with Crippen molar-refractivity contribution in [3.63, 3.8) is 0 Å². The third-order valence-corrected chi connectivity index (χ3v) is 3.72. The van der Waals surface area contributed by atoms with Crippen LogP contribution in [0.2, 0.25) is 0 Å². The number of nitrogens with zero attached hydrogens (tertiary/aromatic N) is 1. The standard InChI is InChI=1S/C17H28N2O/c1-6-15(14-10-8-7-9-11-14)19(13(4)5)17(20)16(18)12(2)3/h7-13,15-16H,6,18H2,1-5H3/t15-,16?/m0/s1. The summed E-state index contributed by atoms with van der Waals surface area (Å²) in [5, 5.41) is 0. The van der Waals surface area contributed by atoms with Crippen molar-refractivity contribution in [2.45, 2.75) is 59.2 Å². The molecule has 0 aliphatic carbocycles. The monoisotopic (exact) mass is 276 g/mol. The molecule has 0 saturated carbocycles. The van der Waals surface area contributed by atoms with E-state index in [1.54, 1.807) is 0 Å². The third-order valence-electron chi connectivity index (χ3n) is 3.72. The Morgan fingerprint density at radius 1 is 1.15 bits per heavy atom. The Labute approximate surface area is 123 Å². The molecule has 3 nitrogen and oxygen atoms in total. The third kappa shape index (κ3) is 3.83. The van der Waals surface area contributed by atoms with E-state index in [-0.39, 0.29) is 23.9 Å². The van der Waals surface area contributed by atoms with Crippen LogP contribution in [-0.4, -0.2) is 22.9 Å². The Bertz CT molecular complexity index is 414. The summed E-state index contributed by atoms with van der Waals surface area (Å²) in [4.78, 5) is 14.6. The molecule has 1 amide bonds. The number of nitrogens with two attached hydrogens (primary N) is 1. The van der Waals surface area contributed by atoms with E-state index < -0.39 is 6.04 Å². The Hall–Kier alpha value is -1.35. The van der Waals surface area contributed by atoms with Gasteiger partial charge in [-0.05, 0) is 31.7 Å². The molecule has 3 heteroatoms. The quantitative estimate of drug-likeness (QED) is 0.866. The van der Waals surface area contributed by atoms with Crippen molar-refractivity contribution in [1.29, 1.82) is 0 Å². The molecule has 0 spiro atoms. The smallest absolute Gasteiger partial charge is 0.240 e. The summed E-state index contributed by atoms with van der Waals surface area (Å²) in [6.45, 7) is 10.2. The number of rotatable bonds is 6. The summed E-state index contributed by atoms with van der Waals surface area (Å²) < 4.78 is 0. The summed E-state index contributed by atoms with van der Waals surface area (Å²) in [7, 11) is 0. The van der Waals surface area contributed by atoms with Crippen molar-refractivity contribution < 1.29 is 4.79 Å². The predicted molar refractivity (Wildman–Crippen MR) is 84.3 cm³/mol. The van der Waals surface area contributed by atoms with E-state index in [0.717, 1.165) is 6.42 Å². The molecule has 1 rings (SSSR count). The lowest BCUT2D eigenvalue weighted by Gasteiger charge is -2.37. The minimum absolute atomic E-state index is 0.0469. The van der Waals surface area contributed by atoms with Gasteiger partial charge in [0.1, 0.15) is 0 Å². The molecule has 0 heterocycles. The lowest BCUT2D eigenvalue weighted by molar-refractivity contribution is -0.138. The first-order valence-corrected chi connectivity index (χ1v) is 7.52. The first-order chi connectivity index (χ1) is 9.40. The first kappa shape index (κ1) is 16.7. The highest BCUT2D eigenvalue weighted by Crippen LogP contribution is 2.27. The van der Waals surface area contributed by atoms with Crippen LogP contribution in [0.1, 0.15) is 52.6 Å². The highest BCUT2D eigenvalue weighted by atomic mass is 16.2. The molecule has 1 aromatic carbocycles. The maximum absolute atomic E-state index is 12.7. The van der Waals surface area contributed by atoms with Crippen LogP contribution in [0.25, 0.3) is 0 Å². The second kappa shape index (κ2) is 7.44. The van der Waals surface area contributed by atoms with Crippen LogP contribution in [0.5, 0.6) is 0 Å². The van der Waals surface area contributed by atoms with Crippen LogP contribution < -0.4 is 5.73 Å². The zero-order valence-electron chi connectivity index (χ0n) is 13.3. The predicted octanol–water partition coefficient (Wildman–Crippen LogP) is 3.36. The molecule has 20 heavy (non-hydrogen) atoms.